The van der Waals surface area contributed by atoms with Crippen LogP contribution < -0.4 is 14.2 Å². The molecule has 0 unspecified atom stereocenters. The van der Waals surface area contributed by atoms with Crippen molar-refractivity contribution >= 4 is 5.78 Å². The summed E-state index contributed by atoms with van der Waals surface area (Å²) in [7, 11) is 3.10. The molecule has 2 rings (SSSR count). The highest BCUT2D eigenvalue weighted by Gasteiger charge is 2.35. The van der Waals surface area contributed by atoms with Gasteiger partial charge in [-0.3, -0.25) is 4.79 Å². The van der Waals surface area contributed by atoms with Gasteiger partial charge in [0.1, 0.15) is 28.4 Å². The van der Waals surface area contributed by atoms with Gasteiger partial charge in [-0.1, -0.05) is 0 Å². The highest BCUT2D eigenvalue weighted by atomic mass is 16.5. The maximum absolute atomic E-state index is 12.1. The maximum Gasteiger partial charge on any atom is 0.174 e. The lowest BCUT2D eigenvalue weighted by Crippen LogP contribution is -2.36. The van der Waals surface area contributed by atoms with Crippen molar-refractivity contribution in [2.45, 2.75) is 25.9 Å². The second kappa shape index (κ2) is 3.95. The molecule has 0 radical (unpaired) electrons. The van der Waals surface area contributed by atoms with Gasteiger partial charge in [0.2, 0.25) is 0 Å². The number of hydrogen-bond acceptors (Lipinski definition) is 4. The molecule has 0 aliphatic carbocycles. The molecule has 0 aromatic heterocycles. The van der Waals surface area contributed by atoms with E-state index in [4.69, 9.17) is 14.2 Å². The molecule has 92 valence electrons. The van der Waals surface area contributed by atoms with Gasteiger partial charge in [-0.25, -0.2) is 0 Å². The monoisotopic (exact) mass is 236 g/mol. The molecule has 4 heteroatoms. The van der Waals surface area contributed by atoms with E-state index in [2.05, 4.69) is 0 Å². The summed E-state index contributed by atoms with van der Waals surface area (Å²) in [4.78, 5) is 12.1. The van der Waals surface area contributed by atoms with Gasteiger partial charge >= 0.3 is 0 Å². The first-order valence-corrected chi connectivity index (χ1v) is 5.45. The van der Waals surface area contributed by atoms with E-state index in [0.717, 1.165) is 0 Å². The van der Waals surface area contributed by atoms with Gasteiger partial charge < -0.3 is 14.2 Å². The number of ether oxygens (including phenoxy) is 3. The normalized spacial score (nSPS) is 17.1. The van der Waals surface area contributed by atoms with Crippen LogP contribution in [-0.4, -0.2) is 25.6 Å². The van der Waals surface area contributed by atoms with Crippen LogP contribution in [0.3, 0.4) is 0 Å². The summed E-state index contributed by atoms with van der Waals surface area (Å²) in [6, 6.07) is 3.41. The van der Waals surface area contributed by atoms with E-state index in [0.29, 0.717) is 29.2 Å². The molecular formula is C13H16O4. The third-order valence-electron chi connectivity index (χ3n) is 2.75. The molecule has 0 amide bonds. The summed E-state index contributed by atoms with van der Waals surface area (Å²) >= 11 is 0. The number of carbonyl (C=O) groups is 1. The average molecular weight is 236 g/mol. The van der Waals surface area contributed by atoms with Crippen LogP contribution >= 0.6 is 0 Å². The third kappa shape index (κ3) is 2.07. The summed E-state index contributed by atoms with van der Waals surface area (Å²) < 4.78 is 16.2. The first-order valence-electron chi connectivity index (χ1n) is 5.45. The summed E-state index contributed by atoms with van der Waals surface area (Å²) in [5.74, 6) is 1.68. The molecule has 0 spiro atoms. The molecular weight excluding hydrogens is 220 g/mol. The second-order valence-corrected chi connectivity index (χ2v) is 4.66. The first kappa shape index (κ1) is 11.8. The Morgan fingerprint density at radius 2 is 1.94 bits per heavy atom. The number of Topliss-reactive ketones (excluding diaryl/α,β-unsaturated/α-hetero) is 1. The minimum absolute atomic E-state index is 0.0377. The van der Waals surface area contributed by atoms with Crippen molar-refractivity contribution in [3.8, 4) is 17.2 Å². The minimum atomic E-state index is -0.485. The zero-order valence-electron chi connectivity index (χ0n) is 10.5. The summed E-state index contributed by atoms with van der Waals surface area (Å²) in [6.07, 6.45) is 0.350. The quantitative estimate of drug-likeness (QED) is 0.791. The van der Waals surface area contributed by atoms with Crippen LogP contribution in [0.1, 0.15) is 30.6 Å². The molecule has 1 heterocycles. The Kier molecular flexibility index (Phi) is 2.73. The highest BCUT2D eigenvalue weighted by Crippen LogP contribution is 2.41. The molecule has 1 aliphatic rings. The van der Waals surface area contributed by atoms with E-state index in [9.17, 15) is 4.79 Å². The predicted octanol–water partition coefficient (Wildman–Crippen LogP) is 2.45. The SMILES string of the molecule is COc1cc(OC)c2c(c1)OC(C)(C)CC2=O. The molecule has 0 saturated carbocycles. The minimum Gasteiger partial charge on any atom is -0.496 e. The average Bonchev–Trinajstić information content (AvgIpc) is 2.25. The van der Waals surface area contributed by atoms with E-state index in [1.807, 2.05) is 13.8 Å². The molecule has 0 saturated heterocycles. The smallest absolute Gasteiger partial charge is 0.174 e. The van der Waals surface area contributed by atoms with Gasteiger partial charge in [0.15, 0.2) is 5.78 Å². The van der Waals surface area contributed by atoms with Crippen LogP contribution in [0.4, 0.5) is 0 Å². The third-order valence-corrected chi connectivity index (χ3v) is 2.75. The largest absolute Gasteiger partial charge is 0.496 e. The molecule has 17 heavy (non-hydrogen) atoms. The zero-order chi connectivity index (χ0) is 12.6. The number of methoxy groups -OCH3 is 2. The summed E-state index contributed by atoms with van der Waals surface area (Å²) in [5, 5.41) is 0. The van der Waals surface area contributed by atoms with Crippen LogP contribution in [0, 0.1) is 0 Å². The van der Waals surface area contributed by atoms with Crippen molar-refractivity contribution in [1.82, 2.24) is 0 Å². The highest BCUT2D eigenvalue weighted by molar-refractivity contribution is 6.03. The molecule has 0 N–H and O–H groups in total. The van der Waals surface area contributed by atoms with Crippen molar-refractivity contribution < 1.29 is 19.0 Å². The number of rotatable bonds is 2. The lowest BCUT2D eigenvalue weighted by atomic mass is 9.92. The summed E-state index contributed by atoms with van der Waals surface area (Å²) in [5.41, 5.74) is 0.0224. The maximum atomic E-state index is 12.1. The van der Waals surface area contributed by atoms with E-state index in [1.54, 1.807) is 19.2 Å². The molecule has 0 fully saturated rings. The van der Waals surface area contributed by atoms with Crippen LogP contribution in [-0.2, 0) is 0 Å². The number of ketones is 1. The number of fused-ring (bicyclic) bond motifs is 1. The number of carbonyl (C=O) groups excluding carboxylic acids is 1. The van der Waals surface area contributed by atoms with E-state index in [1.165, 1.54) is 7.11 Å². The standard InChI is InChI=1S/C13H16O4/c1-13(2)7-9(14)12-10(16-4)5-8(15-3)6-11(12)17-13/h5-6H,7H2,1-4H3. The number of benzene rings is 1. The molecule has 1 aromatic rings. The Labute approximate surface area is 100 Å². The van der Waals surface area contributed by atoms with Gasteiger partial charge in [0.05, 0.1) is 20.6 Å². The molecule has 1 aliphatic heterocycles. The van der Waals surface area contributed by atoms with Gasteiger partial charge in [-0.2, -0.15) is 0 Å². The van der Waals surface area contributed by atoms with Gasteiger partial charge in [-0.15, -0.1) is 0 Å². The Balaban J connectivity index is 2.58. The van der Waals surface area contributed by atoms with Crippen LogP contribution in [0.5, 0.6) is 17.2 Å². The fourth-order valence-electron chi connectivity index (χ4n) is 2.01. The lowest BCUT2D eigenvalue weighted by Gasteiger charge is -2.32. The number of hydrogen-bond donors (Lipinski definition) is 0. The van der Waals surface area contributed by atoms with Crippen LogP contribution in [0.15, 0.2) is 12.1 Å². The Bertz CT molecular complexity index is 463. The molecule has 0 atom stereocenters. The molecule has 4 nitrogen and oxygen atoms in total. The molecule has 0 bridgehead atoms. The Hall–Kier alpha value is -1.71. The van der Waals surface area contributed by atoms with Crippen molar-refractivity contribution in [2.75, 3.05) is 14.2 Å². The van der Waals surface area contributed by atoms with Gasteiger partial charge in [-0.05, 0) is 13.8 Å². The Morgan fingerprint density at radius 3 is 2.53 bits per heavy atom. The second-order valence-electron chi connectivity index (χ2n) is 4.66. The topological polar surface area (TPSA) is 44.8 Å². The van der Waals surface area contributed by atoms with Crippen molar-refractivity contribution in [2.24, 2.45) is 0 Å². The van der Waals surface area contributed by atoms with Gasteiger partial charge in [0, 0.05) is 12.1 Å². The van der Waals surface area contributed by atoms with Gasteiger partial charge in [0.25, 0.3) is 0 Å². The fraction of sp³-hybridized carbons (Fsp3) is 0.462. The van der Waals surface area contributed by atoms with Crippen LogP contribution in [0.25, 0.3) is 0 Å². The van der Waals surface area contributed by atoms with Crippen LogP contribution in [0.2, 0.25) is 0 Å². The Morgan fingerprint density at radius 1 is 1.24 bits per heavy atom. The fourth-order valence-corrected chi connectivity index (χ4v) is 2.01. The first-order chi connectivity index (χ1) is 7.96. The molecule has 1 aromatic carbocycles. The predicted molar refractivity (Wildman–Crippen MR) is 63.2 cm³/mol. The van der Waals surface area contributed by atoms with E-state index in [-0.39, 0.29) is 5.78 Å². The summed E-state index contributed by atoms with van der Waals surface area (Å²) in [6.45, 7) is 3.78. The van der Waals surface area contributed by atoms with E-state index < -0.39 is 5.60 Å². The van der Waals surface area contributed by atoms with Crippen molar-refractivity contribution in [3.05, 3.63) is 17.7 Å². The van der Waals surface area contributed by atoms with Crippen molar-refractivity contribution in [1.29, 1.82) is 0 Å². The van der Waals surface area contributed by atoms with Crippen molar-refractivity contribution in [3.63, 3.8) is 0 Å². The lowest BCUT2D eigenvalue weighted by molar-refractivity contribution is 0.0612. The zero-order valence-corrected chi connectivity index (χ0v) is 10.5. The van der Waals surface area contributed by atoms with E-state index >= 15 is 0 Å².